The zero-order chi connectivity index (χ0) is 21.7. The van der Waals surface area contributed by atoms with Crippen LogP contribution in [0.1, 0.15) is 67.2 Å². The molecule has 0 bridgehead atoms. The molecule has 0 aromatic rings. The van der Waals surface area contributed by atoms with Gasteiger partial charge in [0.2, 0.25) is 0 Å². The molecule has 0 aliphatic carbocycles. The number of carbonyl (C=O) groups excluding carboxylic acids is 1. The summed E-state index contributed by atoms with van der Waals surface area (Å²) in [7, 11) is 1.79. The lowest BCUT2D eigenvalue weighted by Crippen LogP contribution is -2.54. The van der Waals surface area contributed by atoms with Crippen molar-refractivity contribution in [3.63, 3.8) is 0 Å². The zero-order valence-corrected chi connectivity index (χ0v) is 19.5. The number of piperidine rings is 1. The molecule has 29 heavy (non-hydrogen) atoms. The SMILES string of the molecule is CN=C(NCC1CCCOC1C(C)(C)C)NC1CCCN(C(=O)OC(C)(C)C)C1. The highest BCUT2D eigenvalue weighted by molar-refractivity contribution is 5.80. The number of hydrogen-bond acceptors (Lipinski definition) is 4. The van der Waals surface area contributed by atoms with E-state index in [1.54, 1.807) is 11.9 Å². The Morgan fingerprint density at radius 1 is 1.17 bits per heavy atom. The molecule has 7 nitrogen and oxygen atoms in total. The van der Waals surface area contributed by atoms with Crippen LogP contribution in [0.15, 0.2) is 4.99 Å². The Labute approximate surface area is 177 Å². The molecule has 2 heterocycles. The predicted octanol–water partition coefficient (Wildman–Crippen LogP) is 3.39. The minimum atomic E-state index is -0.472. The maximum absolute atomic E-state index is 12.4. The molecule has 2 aliphatic heterocycles. The summed E-state index contributed by atoms with van der Waals surface area (Å²) in [4.78, 5) is 18.6. The van der Waals surface area contributed by atoms with E-state index in [9.17, 15) is 4.79 Å². The van der Waals surface area contributed by atoms with Gasteiger partial charge in [-0.25, -0.2) is 4.79 Å². The highest BCUT2D eigenvalue weighted by atomic mass is 16.6. The summed E-state index contributed by atoms with van der Waals surface area (Å²) in [5.74, 6) is 1.26. The second-order valence-corrected chi connectivity index (χ2v) is 10.4. The molecular formula is C22H42N4O3. The normalized spacial score (nSPS) is 26.8. The Morgan fingerprint density at radius 2 is 1.90 bits per heavy atom. The lowest BCUT2D eigenvalue weighted by molar-refractivity contribution is -0.0835. The summed E-state index contributed by atoms with van der Waals surface area (Å²) in [6.07, 6.45) is 4.26. The van der Waals surface area contributed by atoms with Crippen molar-refractivity contribution in [2.45, 2.75) is 85.0 Å². The third kappa shape index (κ3) is 7.68. The Bertz CT molecular complexity index is 565. The number of ether oxygens (including phenoxy) is 2. The Balaban J connectivity index is 1.87. The highest BCUT2D eigenvalue weighted by Crippen LogP contribution is 2.33. The van der Waals surface area contributed by atoms with Crippen LogP contribution in [0.4, 0.5) is 4.79 Å². The van der Waals surface area contributed by atoms with E-state index >= 15 is 0 Å². The number of amides is 1. The largest absolute Gasteiger partial charge is 0.444 e. The van der Waals surface area contributed by atoms with E-state index in [2.05, 4.69) is 36.4 Å². The van der Waals surface area contributed by atoms with Gasteiger partial charge in [0.05, 0.1) is 6.10 Å². The summed E-state index contributed by atoms with van der Waals surface area (Å²) in [5, 5.41) is 6.99. The van der Waals surface area contributed by atoms with Gasteiger partial charge in [0.1, 0.15) is 5.60 Å². The smallest absolute Gasteiger partial charge is 0.410 e. The Morgan fingerprint density at radius 3 is 2.52 bits per heavy atom. The molecule has 0 spiro atoms. The quantitative estimate of drug-likeness (QED) is 0.551. The first-order valence-electron chi connectivity index (χ1n) is 11.1. The fourth-order valence-electron chi connectivity index (χ4n) is 4.21. The second kappa shape index (κ2) is 10.0. The van der Waals surface area contributed by atoms with Crippen molar-refractivity contribution in [2.24, 2.45) is 16.3 Å². The summed E-state index contributed by atoms with van der Waals surface area (Å²) in [6.45, 7) is 15.5. The Hall–Kier alpha value is -1.50. The van der Waals surface area contributed by atoms with Gasteiger partial charge < -0.3 is 25.0 Å². The fraction of sp³-hybridized carbons (Fsp3) is 0.909. The minimum Gasteiger partial charge on any atom is -0.444 e. The molecule has 168 valence electrons. The van der Waals surface area contributed by atoms with Crippen molar-refractivity contribution >= 4 is 12.1 Å². The van der Waals surface area contributed by atoms with Crippen molar-refractivity contribution in [3.8, 4) is 0 Å². The van der Waals surface area contributed by atoms with Crippen LogP contribution >= 0.6 is 0 Å². The summed E-state index contributed by atoms with van der Waals surface area (Å²) in [6, 6.07) is 0.170. The van der Waals surface area contributed by atoms with Gasteiger partial charge in [-0.1, -0.05) is 20.8 Å². The molecule has 2 N–H and O–H groups in total. The molecule has 7 heteroatoms. The van der Waals surface area contributed by atoms with Crippen LogP contribution in [0.2, 0.25) is 0 Å². The number of guanidine groups is 1. The Kier molecular flexibility index (Phi) is 8.20. The molecule has 0 radical (unpaired) electrons. The molecule has 0 saturated carbocycles. The molecule has 0 aromatic heterocycles. The van der Waals surface area contributed by atoms with E-state index in [-0.39, 0.29) is 23.7 Å². The van der Waals surface area contributed by atoms with E-state index in [1.807, 2.05) is 20.8 Å². The van der Waals surface area contributed by atoms with Crippen LogP contribution < -0.4 is 10.6 Å². The number of hydrogen-bond donors (Lipinski definition) is 2. The van der Waals surface area contributed by atoms with Crippen molar-refractivity contribution in [3.05, 3.63) is 0 Å². The van der Waals surface area contributed by atoms with Gasteiger partial charge in [0, 0.05) is 45.2 Å². The van der Waals surface area contributed by atoms with Crippen molar-refractivity contribution < 1.29 is 14.3 Å². The summed E-state index contributed by atoms with van der Waals surface area (Å²) in [5.41, 5.74) is -0.346. The van der Waals surface area contributed by atoms with Crippen LogP contribution in [0.5, 0.6) is 0 Å². The first-order chi connectivity index (χ1) is 13.5. The number of rotatable bonds is 3. The van der Waals surface area contributed by atoms with Gasteiger partial charge in [-0.2, -0.15) is 0 Å². The van der Waals surface area contributed by atoms with Gasteiger partial charge in [0.15, 0.2) is 5.96 Å². The highest BCUT2D eigenvalue weighted by Gasteiger charge is 2.35. The number of aliphatic imine (C=N–C) groups is 1. The van der Waals surface area contributed by atoms with Gasteiger partial charge in [-0.05, 0) is 51.9 Å². The molecule has 2 rings (SSSR count). The molecule has 3 unspecified atom stereocenters. The predicted molar refractivity (Wildman–Crippen MR) is 117 cm³/mol. The first kappa shape index (κ1) is 23.8. The van der Waals surface area contributed by atoms with Crippen LogP contribution in [0.3, 0.4) is 0 Å². The van der Waals surface area contributed by atoms with Gasteiger partial charge >= 0.3 is 6.09 Å². The molecule has 3 atom stereocenters. The van der Waals surface area contributed by atoms with Crippen molar-refractivity contribution in [2.75, 3.05) is 33.3 Å². The zero-order valence-electron chi connectivity index (χ0n) is 19.5. The number of nitrogens with one attached hydrogen (secondary N) is 2. The first-order valence-corrected chi connectivity index (χ1v) is 11.1. The number of carbonyl (C=O) groups is 1. The van der Waals surface area contributed by atoms with E-state index < -0.39 is 5.60 Å². The van der Waals surface area contributed by atoms with E-state index in [4.69, 9.17) is 9.47 Å². The fourth-order valence-corrected chi connectivity index (χ4v) is 4.21. The lowest BCUT2D eigenvalue weighted by atomic mass is 9.78. The second-order valence-electron chi connectivity index (χ2n) is 10.4. The molecular weight excluding hydrogens is 368 g/mol. The molecule has 0 aromatic carbocycles. The van der Waals surface area contributed by atoms with Crippen LogP contribution in [0.25, 0.3) is 0 Å². The molecule has 2 aliphatic rings. The minimum absolute atomic E-state index is 0.126. The summed E-state index contributed by atoms with van der Waals surface area (Å²) >= 11 is 0. The topological polar surface area (TPSA) is 75.2 Å². The van der Waals surface area contributed by atoms with E-state index in [0.29, 0.717) is 12.5 Å². The number of likely N-dealkylation sites (tertiary alicyclic amines) is 1. The lowest BCUT2D eigenvalue weighted by Gasteiger charge is -2.40. The molecule has 1 amide bonds. The maximum atomic E-state index is 12.4. The van der Waals surface area contributed by atoms with Crippen molar-refractivity contribution in [1.82, 2.24) is 15.5 Å². The van der Waals surface area contributed by atoms with Crippen molar-refractivity contribution in [1.29, 1.82) is 0 Å². The van der Waals surface area contributed by atoms with Crippen LogP contribution in [-0.2, 0) is 9.47 Å². The van der Waals surface area contributed by atoms with Gasteiger partial charge in [-0.15, -0.1) is 0 Å². The van der Waals surface area contributed by atoms with E-state index in [0.717, 1.165) is 44.9 Å². The summed E-state index contributed by atoms with van der Waals surface area (Å²) < 4.78 is 11.6. The number of nitrogens with zero attached hydrogens (tertiary/aromatic N) is 2. The maximum Gasteiger partial charge on any atom is 0.410 e. The third-order valence-electron chi connectivity index (χ3n) is 5.47. The van der Waals surface area contributed by atoms with Gasteiger partial charge in [0.25, 0.3) is 0 Å². The third-order valence-corrected chi connectivity index (χ3v) is 5.47. The van der Waals surface area contributed by atoms with Crippen LogP contribution in [-0.4, -0.2) is 68.0 Å². The van der Waals surface area contributed by atoms with Gasteiger partial charge in [-0.3, -0.25) is 4.99 Å². The monoisotopic (exact) mass is 410 g/mol. The molecule has 2 saturated heterocycles. The standard InChI is InChI=1S/C22H42N4O3/c1-21(2,3)18-16(10-9-13-28-18)14-24-19(23-7)25-17-11-8-12-26(15-17)20(27)29-22(4,5)6/h16-18H,8-15H2,1-7H3,(H2,23,24,25). The average molecular weight is 411 g/mol. The average Bonchev–Trinajstić information content (AvgIpc) is 2.63. The van der Waals surface area contributed by atoms with E-state index in [1.165, 1.54) is 6.42 Å². The van der Waals surface area contributed by atoms with Crippen LogP contribution in [0, 0.1) is 11.3 Å². The molecule has 2 fully saturated rings.